The Morgan fingerprint density at radius 3 is 2.77 bits per heavy atom. The molecule has 1 aromatic carbocycles. The third-order valence-corrected chi connectivity index (χ3v) is 4.03. The van der Waals surface area contributed by atoms with Crippen LogP contribution in [-0.4, -0.2) is 46.3 Å². The number of nitrogens with zero attached hydrogens (tertiary/aromatic N) is 4. The van der Waals surface area contributed by atoms with Gasteiger partial charge in [0.05, 0.1) is 11.2 Å². The van der Waals surface area contributed by atoms with Gasteiger partial charge in [-0.15, -0.1) is 0 Å². The smallest absolute Gasteiger partial charge is 0.163 e. The number of hydrogen-bond acceptors (Lipinski definition) is 6. The molecule has 0 fully saturated rings. The third-order valence-electron chi connectivity index (χ3n) is 4.03. The first-order valence-electron chi connectivity index (χ1n) is 8.30. The maximum atomic E-state index is 14.1. The van der Waals surface area contributed by atoms with Gasteiger partial charge in [0.15, 0.2) is 11.6 Å². The van der Waals surface area contributed by atoms with Crippen LogP contribution in [0.1, 0.15) is 23.2 Å². The number of hydrogen-bond donors (Lipinski definition) is 1. The van der Waals surface area contributed by atoms with E-state index in [1.165, 1.54) is 18.5 Å². The minimum Gasteiger partial charge on any atom is -0.382 e. The number of halogens is 1. The van der Waals surface area contributed by atoms with E-state index < -0.39 is 5.82 Å². The zero-order valence-electron chi connectivity index (χ0n) is 14.7. The van der Waals surface area contributed by atoms with Gasteiger partial charge < -0.3 is 10.6 Å². The minimum absolute atomic E-state index is 0.0868. The number of anilines is 1. The molecule has 0 amide bonds. The summed E-state index contributed by atoms with van der Waals surface area (Å²) in [4.78, 5) is 26.9. The molecule has 0 bridgehead atoms. The summed E-state index contributed by atoms with van der Waals surface area (Å²) in [5.41, 5.74) is 8.29. The molecule has 0 saturated heterocycles. The number of carbonyl (C=O) groups excluding carboxylic acids is 1. The molecule has 3 rings (SSSR count). The van der Waals surface area contributed by atoms with E-state index in [2.05, 4.69) is 15.0 Å². The summed E-state index contributed by atoms with van der Waals surface area (Å²) in [6.45, 7) is 0.805. The van der Waals surface area contributed by atoms with E-state index in [1.807, 2.05) is 19.0 Å². The van der Waals surface area contributed by atoms with Crippen molar-refractivity contribution >= 4 is 22.6 Å². The number of fused-ring (bicyclic) bond motifs is 1. The average Bonchev–Trinajstić information content (AvgIpc) is 2.61. The zero-order valence-corrected chi connectivity index (χ0v) is 14.7. The number of rotatable bonds is 6. The first kappa shape index (κ1) is 17.9. The molecule has 2 heterocycles. The lowest BCUT2D eigenvalue weighted by molar-refractivity contribution is 0.0977. The Balaban J connectivity index is 1.92. The fraction of sp³-hybridized carbons (Fsp3) is 0.263. The van der Waals surface area contributed by atoms with Gasteiger partial charge in [0.25, 0.3) is 0 Å². The molecular weight excluding hydrogens is 333 g/mol. The molecule has 0 radical (unpaired) electrons. The summed E-state index contributed by atoms with van der Waals surface area (Å²) in [5.74, 6) is -0.304. The van der Waals surface area contributed by atoms with E-state index >= 15 is 0 Å². The second-order valence-electron chi connectivity index (χ2n) is 6.38. The van der Waals surface area contributed by atoms with Crippen LogP contribution in [0.4, 0.5) is 10.2 Å². The first-order chi connectivity index (χ1) is 12.4. The quantitative estimate of drug-likeness (QED) is 0.686. The van der Waals surface area contributed by atoms with Crippen molar-refractivity contribution in [3.8, 4) is 11.3 Å². The molecular formula is C19H20FN5O. The van der Waals surface area contributed by atoms with E-state index in [0.717, 1.165) is 13.0 Å². The summed E-state index contributed by atoms with van der Waals surface area (Å²) in [6, 6.07) is 7.75. The van der Waals surface area contributed by atoms with Crippen LogP contribution in [0, 0.1) is 5.82 Å². The van der Waals surface area contributed by atoms with Gasteiger partial charge in [-0.25, -0.2) is 19.3 Å². The van der Waals surface area contributed by atoms with Crippen LogP contribution in [-0.2, 0) is 0 Å². The number of benzene rings is 1. The monoisotopic (exact) mass is 353 g/mol. The highest BCUT2D eigenvalue weighted by atomic mass is 19.1. The predicted octanol–water partition coefficient (Wildman–Crippen LogP) is 2.94. The van der Waals surface area contributed by atoms with Crippen molar-refractivity contribution < 1.29 is 9.18 Å². The summed E-state index contributed by atoms with van der Waals surface area (Å²) in [7, 11) is 3.90. The Hall–Kier alpha value is -2.93. The van der Waals surface area contributed by atoms with Crippen LogP contribution in [0.15, 0.2) is 36.7 Å². The fourth-order valence-corrected chi connectivity index (χ4v) is 2.72. The van der Waals surface area contributed by atoms with Gasteiger partial charge in [-0.1, -0.05) is 0 Å². The molecule has 0 aliphatic carbocycles. The molecule has 7 heteroatoms. The van der Waals surface area contributed by atoms with Gasteiger partial charge in [-0.05, 0) is 57.4 Å². The van der Waals surface area contributed by atoms with Crippen LogP contribution in [0.25, 0.3) is 22.3 Å². The van der Waals surface area contributed by atoms with Gasteiger partial charge in [-0.2, -0.15) is 0 Å². The van der Waals surface area contributed by atoms with Gasteiger partial charge >= 0.3 is 0 Å². The molecule has 0 aliphatic rings. The molecule has 3 aromatic rings. The van der Waals surface area contributed by atoms with Crippen molar-refractivity contribution in [3.63, 3.8) is 0 Å². The van der Waals surface area contributed by atoms with Crippen molar-refractivity contribution in [2.75, 3.05) is 26.4 Å². The summed E-state index contributed by atoms with van der Waals surface area (Å²) < 4.78 is 14.1. The molecule has 0 spiro atoms. The second-order valence-corrected chi connectivity index (χ2v) is 6.38. The molecule has 0 aliphatic heterocycles. The molecule has 6 nitrogen and oxygen atoms in total. The minimum atomic E-state index is -0.474. The van der Waals surface area contributed by atoms with E-state index in [0.29, 0.717) is 34.3 Å². The van der Waals surface area contributed by atoms with E-state index in [4.69, 9.17) is 5.73 Å². The highest BCUT2D eigenvalue weighted by Gasteiger charge is 2.12. The summed E-state index contributed by atoms with van der Waals surface area (Å²) in [6.07, 6.45) is 2.46. The fourth-order valence-electron chi connectivity index (χ4n) is 2.72. The molecule has 134 valence electrons. The highest BCUT2D eigenvalue weighted by molar-refractivity contribution is 5.97. The lowest BCUT2D eigenvalue weighted by atomic mass is 10.0. The molecule has 2 N–H and O–H groups in total. The first-order valence-corrected chi connectivity index (χ1v) is 8.30. The summed E-state index contributed by atoms with van der Waals surface area (Å²) in [5, 5.41) is 0. The van der Waals surface area contributed by atoms with Crippen LogP contribution in [0.2, 0.25) is 0 Å². The van der Waals surface area contributed by atoms with Crippen molar-refractivity contribution in [1.29, 1.82) is 0 Å². The maximum absolute atomic E-state index is 14.1. The van der Waals surface area contributed by atoms with Crippen LogP contribution < -0.4 is 5.73 Å². The standard InChI is InChI=1S/C19H20FN5O/c1-25(2)7-3-4-17(26)13-8-12(9-14(20)10-13)15-5-6-16-18(24-15)19(21)23-11-22-16/h5-6,8-11H,3-4,7H2,1-2H3,(H2,21,22,23). The lowest BCUT2D eigenvalue weighted by Crippen LogP contribution is -2.14. The normalized spacial score (nSPS) is 11.2. The number of carbonyl (C=O) groups is 1. The van der Waals surface area contributed by atoms with Crippen molar-refractivity contribution in [1.82, 2.24) is 19.9 Å². The van der Waals surface area contributed by atoms with Crippen LogP contribution in [0.3, 0.4) is 0 Å². The van der Waals surface area contributed by atoms with Crippen LogP contribution >= 0.6 is 0 Å². The third kappa shape index (κ3) is 4.00. The highest BCUT2D eigenvalue weighted by Crippen LogP contribution is 2.24. The zero-order chi connectivity index (χ0) is 18.7. The number of ketones is 1. The Morgan fingerprint density at radius 1 is 1.19 bits per heavy atom. The number of nitrogens with two attached hydrogens (primary N) is 1. The second kappa shape index (κ2) is 7.53. The molecule has 26 heavy (non-hydrogen) atoms. The van der Waals surface area contributed by atoms with Crippen molar-refractivity contribution in [3.05, 3.63) is 48.0 Å². The topological polar surface area (TPSA) is 85.0 Å². The molecule has 2 aromatic heterocycles. The number of nitrogen functional groups attached to an aromatic ring is 1. The number of aromatic nitrogens is 3. The Morgan fingerprint density at radius 2 is 2.00 bits per heavy atom. The maximum Gasteiger partial charge on any atom is 0.163 e. The molecule has 0 saturated carbocycles. The largest absolute Gasteiger partial charge is 0.382 e. The molecule has 0 atom stereocenters. The Bertz CT molecular complexity index is 958. The lowest BCUT2D eigenvalue weighted by Gasteiger charge is -2.09. The number of Topliss-reactive ketones (excluding diaryl/α,β-unsaturated/α-hetero) is 1. The van der Waals surface area contributed by atoms with Gasteiger partial charge in [-0.3, -0.25) is 4.79 Å². The average molecular weight is 353 g/mol. The predicted molar refractivity (Wildman–Crippen MR) is 99.3 cm³/mol. The Kier molecular flexibility index (Phi) is 5.18. The van der Waals surface area contributed by atoms with E-state index in [1.54, 1.807) is 18.2 Å². The van der Waals surface area contributed by atoms with Gasteiger partial charge in [0.2, 0.25) is 0 Å². The number of pyridine rings is 1. The van der Waals surface area contributed by atoms with Crippen molar-refractivity contribution in [2.24, 2.45) is 0 Å². The Labute approximate surface area is 150 Å². The van der Waals surface area contributed by atoms with E-state index in [9.17, 15) is 9.18 Å². The SMILES string of the molecule is CN(C)CCCC(=O)c1cc(F)cc(-c2ccc3ncnc(N)c3n2)c1. The summed E-state index contributed by atoms with van der Waals surface area (Å²) >= 11 is 0. The van der Waals surface area contributed by atoms with E-state index in [-0.39, 0.29) is 11.6 Å². The van der Waals surface area contributed by atoms with Crippen molar-refractivity contribution in [2.45, 2.75) is 12.8 Å². The van der Waals surface area contributed by atoms with Gasteiger partial charge in [0, 0.05) is 17.5 Å². The van der Waals surface area contributed by atoms with Crippen LogP contribution in [0.5, 0.6) is 0 Å². The van der Waals surface area contributed by atoms with Gasteiger partial charge in [0.1, 0.15) is 17.7 Å². The molecule has 0 unspecified atom stereocenters.